The Balaban J connectivity index is 2.58. The van der Waals surface area contributed by atoms with Crippen LogP contribution in [0.4, 0.5) is 0 Å². The molecule has 0 saturated heterocycles. The van der Waals surface area contributed by atoms with E-state index in [9.17, 15) is 9.59 Å². The van der Waals surface area contributed by atoms with E-state index < -0.39 is 17.9 Å². The molecule has 1 heterocycles. The third-order valence-corrected chi connectivity index (χ3v) is 2.77. The van der Waals surface area contributed by atoms with Gasteiger partial charge in [-0.25, -0.2) is 4.79 Å². The van der Waals surface area contributed by atoms with Crippen LogP contribution in [-0.4, -0.2) is 23.0 Å². The lowest BCUT2D eigenvalue weighted by atomic mass is 10.1. The smallest absolute Gasteiger partial charge is 0.326 e. The van der Waals surface area contributed by atoms with Gasteiger partial charge in [0.05, 0.1) is 6.26 Å². The van der Waals surface area contributed by atoms with Crippen LogP contribution >= 0.6 is 0 Å². The van der Waals surface area contributed by atoms with E-state index in [4.69, 9.17) is 9.52 Å². The number of carbonyl (C=O) groups excluding carboxylic acids is 1. The quantitative estimate of drug-likeness (QED) is 0.731. The minimum atomic E-state index is -1.01. The number of rotatable bonds is 7. The Morgan fingerprint density at radius 1 is 1.44 bits per heavy atom. The standard InChI is InChI=1S/C13H19NO4/c1-3-4-5-6-10(13(16)17)14-12(15)11-9(2)7-8-18-11/h7-8,10H,3-6H2,1-2H3,(H,14,15)(H,16,17)/t10-/m1/s1. The van der Waals surface area contributed by atoms with Gasteiger partial charge in [-0.3, -0.25) is 4.79 Å². The fourth-order valence-electron chi connectivity index (χ4n) is 1.68. The minimum Gasteiger partial charge on any atom is -0.480 e. The number of unbranched alkanes of at least 4 members (excludes halogenated alkanes) is 2. The molecule has 1 amide bonds. The van der Waals surface area contributed by atoms with E-state index in [0.717, 1.165) is 19.3 Å². The average Bonchev–Trinajstić information content (AvgIpc) is 2.74. The van der Waals surface area contributed by atoms with E-state index >= 15 is 0 Å². The van der Waals surface area contributed by atoms with Gasteiger partial charge in [0.15, 0.2) is 5.76 Å². The van der Waals surface area contributed by atoms with Gasteiger partial charge in [-0.1, -0.05) is 26.2 Å². The molecule has 0 saturated carbocycles. The Hall–Kier alpha value is -1.78. The second kappa shape index (κ2) is 6.83. The Bertz CT molecular complexity index is 411. The number of hydrogen-bond acceptors (Lipinski definition) is 3. The summed E-state index contributed by atoms with van der Waals surface area (Å²) in [5.74, 6) is -1.30. The molecule has 0 unspecified atom stereocenters. The molecule has 0 spiro atoms. The second-order valence-corrected chi connectivity index (χ2v) is 4.29. The highest BCUT2D eigenvalue weighted by molar-refractivity contribution is 5.95. The van der Waals surface area contributed by atoms with Gasteiger partial charge in [-0.05, 0) is 19.4 Å². The molecular formula is C13H19NO4. The van der Waals surface area contributed by atoms with E-state index in [1.54, 1.807) is 13.0 Å². The van der Waals surface area contributed by atoms with Crippen LogP contribution in [0, 0.1) is 6.92 Å². The van der Waals surface area contributed by atoms with Crippen molar-refractivity contribution in [2.75, 3.05) is 0 Å². The van der Waals surface area contributed by atoms with Crippen molar-refractivity contribution in [2.24, 2.45) is 0 Å². The molecule has 0 aliphatic rings. The number of nitrogens with one attached hydrogen (secondary N) is 1. The normalized spacial score (nSPS) is 12.1. The first kappa shape index (κ1) is 14.3. The first-order valence-corrected chi connectivity index (χ1v) is 6.14. The van der Waals surface area contributed by atoms with Gasteiger partial charge < -0.3 is 14.8 Å². The summed E-state index contributed by atoms with van der Waals surface area (Å²) < 4.78 is 5.03. The van der Waals surface area contributed by atoms with Crippen LogP contribution in [0.2, 0.25) is 0 Å². The van der Waals surface area contributed by atoms with Gasteiger partial charge in [-0.2, -0.15) is 0 Å². The summed E-state index contributed by atoms with van der Waals surface area (Å²) in [4.78, 5) is 22.8. The monoisotopic (exact) mass is 253 g/mol. The highest BCUT2D eigenvalue weighted by Gasteiger charge is 2.22. The van der Waals surface area contributed by atoms with Crippen LogP contribution < -0.4 is 5.32 Å². The number of carboxylic acids is 1. The molecule has 1 atom stereocenters. The molecule has 1 aromatic rings. The van der Waals surface area contributed by atoms with Crippen LogP contribution in [0.25, 0.3) is 0 Å². The van der Waals surface area contributed by atoms with Crippen molar-refractivity contribution >= 4 is 11.9 Å². The molecule has 2 N–H and O–H groups in total. The lowest BCUT2D eigenvalue weighted by Gasteiger charge is -2.13. The maximum Gasteiger partial charge on any atom is 0.326 e. The topological polar surface area (TPSA) is 79.5 Å². The molecule has 0 aliphatic heterocycles. The zero-order chi connectivity index (χ0) is 13.5. The number of aryl methyl sites for hydroxylation is 1. The van der Waals surface area contributed by atoms with Gasteiger partial charge >= 0.3 is 5.97 Å². The number of aliphatic carboxylic acids is 1. The highest BCUT2D eigenvalue weighted by Crippen LogP contribution is 2.10. The third kappa shape index (κ3) is 3.91. The van der Waals surface area contributed by atoms with Crippen molar-refractivity contribution in [3.8, 4) is 0 Å². The maximum atomic E-state index is 11.8. The van der Waals surface area contributed by atoms with E-state index in [1.807, 2.05) is 6.92 Å². The zero-order valence-corrected chi connectivity index (χ0v) is 10.7. The summed E-state index contributed by atoms with van der Waals surface area (Å²) >= 11 is 0. The van der Waals surface area contributed by atoms with E-state index in [2.05, 4.69) is 5.32 Å². The molecule has 0 aromatic carbocycles. The number of furan rings is 1. The van der Waals surface area contributed by atoms with E-state index in [1.165, 1.54) is 6.26 Å². The second-order valence-electron chi connectivity index (χ2n) is 4.29. The van der Waals surface area contributed by atoms with Gasteiger partial charge in [0.2, 0.25) is 0 Å². The first-order valence-electron chi connectivity index (χ1n) is 6.14. The lowest BCUT2D eigenvalue weighted by Crippen LogP contribution is -2.40. The molecule has 5 heteroatoms. The molecule has 1 aromatic heterocycles. The van der Waals surface area contributed by atoms with Crippen LogP contribution in [-0.2, 0) is 4.79 Å². The van der Waals surface area contributed by atoms with Crippen molar-refractivity contribution in [2.45, 2.75) is 45.6 Å². The molecule has 100 valence electrons. The molecule has 0 fully saturated rings. The number of amides is 1. The molecule has 18 heavy (non-hydrogen) atoms. The van der Waals surface area contributed by atoms with Crippen molar-refractivity contribution < 1.29 is 19.1 Å². The van der Waals surface area contributed by atoms with Crippen molar-refractivity contribution in [3.63, 3.8) is 0 Å². The SMILES string of the molecule is CCCCC[C@@H](NC(=O)c1occc1C)C(=O)O. The van der Waals surface area contributed by atoms with E-state index in [0.29, 0.717) is 12.0 Å². The number of hydrogen-bond donors (Lipinski definition) is 2. The van der Waals surface area contributed by atoms with Gasteiger partial charge in [0.25, 0.3) is 5.91 Å². The van der Waals surface area contributed by atoms with Crippen LogP contribution in [0.5, 0.6) is 0 Å². The van der Waals surface area contributed by atoms with Gasteiger partial charge in [-0.15, -0.1) is 0 Å². The maximum absolute atomic E-state index is 11.8. The van der Waals surface area contributed by atoms with Gasteiger partial charge in [0, 0.05) is 5.56 Å². The predicted molar refractivity (Wildman–Crippen MR) is 66.5 cm³/mol. The van der Waals surface area contributed by atoms with Crippen LogP contribution in [0.15, 0.2) is 16.7 Å². The minimum absolute atomic E-state index is 0.178. The Labute approximate surface area is 106 Å². The van der Waals surface area contributed by atoms with Crippen LogP contribution in [0.3, 0.4) is 0 Å². The molecular weight excluding hydrogens is 234 g/mol. The van der Waals surface area contributed by atoms with E-state index in [-0.39, 0.29) is 5.76 Å². The summed E-state index contributed by atoms with van der Waals surface area (Å²) in [5.41, 5.74) is 0.699. The van der Waals surface area contributed by atoms with Crippen molar-refractivity contribution in [3.05, 3.63) is 23.7 Å². The number of carbonyl (C=O) groups is 2. The molecule has 0 bridgehead atoms. The Kier molecular flexibility index (Phi) is 5.42. The fraction of sp³-hybridized carbons (Fsp3) is 0.538. The molecule has 0 aliphatic carbocycles. The third-order valence-electron chi connectivity index (χ3n) is 2.77. The summed E-state index contributed by atoms with van der Waals surface area (Å²) in [7, 11) is 0. The van der Waals surface area contributed by atoms with Crippen LogP contribution in [0.1, 0.15) is 48.7 Å². The Morgan fingerprint density at radius 3 is 2.67 bits per heavy atom. The Morgan fingerprint density at radius 2 is 2.17 bits per heavy atom. The number of carboxylic acid groups (broad SMARTS) is 1. The summed E-state index contributed by atoms with van der Waals surface area (Å²) in [6.45, 7) is 3.78. The van der Waals surface area contributed by atoms with Crippen molar-refractivity contribution in [1.29, 1.82) is 0 Å². The first-order chi connectivity index (χ1) is 8.56. The largest absolute Gasteiger partial charge is 0.480 e. The summed E-state index contributed by atoms with van der Waals surface area (Å²) in [6, 6.07) is 0.815. The molecule has 0 radical (unpaired) electrons. The zero-order valence-electron chi connectivity index (χ0n) is 10.7. The molecule has 5 nitrogen and oxygen atoms in total. The predicted octanol–water partition coefficient (Wildman–Crippen LogP) is 2.35. The summed E-state index contributed by atoms with van der Waals surface area (Å²) in [5, 5.41) is 11.5. The highest BCUT2D eigenvalue weighted by atomic mass is 16.4. The fourth-order valence-corrected chi connectivity index (χ4v) is 1.68. The molecule has 1 rings (SSSR count). The lowest BCUT2D eigenvalue weighted by molar-refractivity contribution is -0.139. The summed E-state index contributed by atoms with van der Waals surface area (Å²) in [6.07, 6.45) is 4.60. The average molecular weight is 253 g/mol. The van der Waals surface area contributed by atoms with Gasteiger partial charge in [0.1, 0.15) is 6.04 Å². The van der Waals surface area contributed by atoms with Crippen molar-refractivity contribution in [1.82, 2.24) is 5.32 Å².